The fourth-order valence-electron chi connectivity index (χ4n) is 2.96. The van der Waals surface area contributed by atoms with Crippen LogP contribution in [0, 0.1) is 0 Å². The molecule has 100 valence electrons. The highest BCUT2D eigenvalue weighted by atomic mass is 15.4. The van der Waals surface area contributed by atoms with Gasteiger partial charge in [0, 0.05) is 5.56 Å². The Morgan fingerprint density at radius 1 is 1.17 bits per heavy atom. The topological polar surface area (TPSA) is 0 Å². The average Bonchev–Trinajstić information content (AvgIpc) is 2.35. The predicted molar refractivity (Wildman–Crippen MR) is 81.3 cm³/mol. The van der Waals surface area contributed by atoms with Crippen LogP contribution in [0.15, 0.2) is 30.8 Å². The molecule has 0 bridgehead atoms. The Bertz CT molecular complexity index is 382. The minimum Gasteiger partial charge on any atom is -0.316 e. The van der Waals surface area contributed by atoms with E-state index in [1.165, 1.54) is 17.7 Å². The van der Waals surface area contributed by atoms with E-state index in [-0.39, 0.29) is 0 Å². The van der Waals surface area contributed by atoms with Crippen molar-refractivity contribution in [3.8, 4) is 0 Å². The molecule has 0 aliphatic heterocycles. The second-order valence-corrected chi connectivity index (χ2v) is 5.71. The van der Waals surface area contributed by atoms with E-state index in [2.05, 4.69) is 65.5 Å². The van der Waals surface area contributed by atoms with E-state index >= 15 is 0 Å². The molecule has 1 heteroatoms. The van der Waals surface area contributed by atoms with E-state index < -0.39 is 0 Å². The molecular formula is C17H28N+. The zero-order valence-electron chi connectivity index (χ0n) is 12.6. The van der Waals surface area contributed by atoms with Gasteiger partial charge in [0.1, 0.15) is 6.54 Å². The molecule has 0 aromatic heterocycles. The first-order chi connectivity index (χ1) is 8.46. The second kappa shape index (κ2) is 6.19. The van der Waals surface area contributed by atoms with Crippen molar-refractivity contribution in [2.45, 2.75) is 53.2 Å². The summed E-state index contributed by atoms with van der Waals surface area (Å²) in [5.41, 5.74) is 2.63. The standard InChI is InChI=1S/C17H28N/c1-7-16-10-9-11-17(12-16)13-18(8-2,14(3)4)15(5)6/h7,9-12,14-15H,1,8,13H2,2-6H3/q+1. The first kappa shape index (κ1) is 15.0. The van der Waals surface area contributed by atoms with Crippen molar-refractivity contribution in [1.82, 2.24) is 0 Å². The largest absolute Gasteiger partial charge is 0.316 e. The zero-order valence-corrected chi connectivity index (χ0v) is 12.6. The fraction of sp³-hybridized carbons (Fsp3) is 0.529. The summed E-state index contributed by atoms with van der Waals surface area (Å²) in [5, 5.41) is 0. The number of hydrogen-bond acceptors (Lipinski definition) is 0. The van der Waals surface area contributed by atoms with Gasteiger partial charge in [-0.1, -0.05) is 30.9 Å². The van der Waals surface area contributed by atoms with E-state index in [1.807, 2.05) is 6.08 Å². The minimum absolute atomic E-state index is 0.641. The maximum atomic E-state index is 3.85. The Balaban J connectivity index is 3.06. The number of hydrogen-bond donors (Lipinski definition) is 0. The first-order valence-electron chi connectivity index (χ1n) is 7.04. The van der Waals surface area contributed by atoms with Gasteiger partial charge >= 0.3 is 0 Å². The highest BCUT2D eigenvalue weighted by molar-refractivity contribution is 5.47. The van der Waals surface area contributed by atoms with Crippen LogP contribution >= 0.6 is 0 Å². The van der Waals surface area contributed by atoms with E-state index in [0.717, 1.165) is 11.0 Å². The highest BCUT2D eigenvalue weighted by Gasteiger charge is 2.32. The molecule has 0 aliphatic carbocycles. The first-order valence-corrected chi connectivity index (χ1v) is 7.04. The molecule has 0 aliphatic rings. The van der Waals surface area contributed by atoms with Crippen LogP contribution in [0.2, 0.25) is 0 Å². The van der Waals surface area contributed by atoms with Crippen LogP contribution in [0.4, 0.5) is 0 Å². The summed E-state index contributed by atoms with van der Waals surface area (Å²) < 4.78 is 1.14. The SMILES string of the molecule is C=Cc1cccc(C[N+](CC)(C(C)C)C(C)C)c1. The Hall–Kier alpha value is -1.08. The van der Waals surface area contributed by atoms with Crippen molar-refractivity contribution in [2.24, 2.45) is 0 Å². The fourth-order valence-corrected chi connectivity index (χ4v) is 2.96. The van der Waals surface area contributed by atoms with Gasteiger partial charge in [0.15, 0.2) is 0 Å². The predicted octanol–water partition coefficient (Wildman–Crippen LogP) is 4.48. The van der Waals surface area contributed by atoms with Crippen LogP contribution in [0.1, 0.15) is 45.7 Å². The molecular weight excluding hydrogens is 218 g/mol. The lowest BCUT2D eigenvalue weighted by Gasteiger charge is -2.45. The molecule has 0 unspecified atom stereocenters. The van der Waals surface area contributed by atoms with E-state index in [4.69, 9.17) is 0 Å². The summed E-state index contributed by atoms with van der Waals surface area (Å²) in [4.78, 5) is 0. The monoisotopic (exact) mass is 246 g/mol. The molecule has 0 radical (unpaired) electrons. The van der Waals surface area contributed by atoms with Gasteiger partial charge in [-0.25, -0.2) is 0 Å². The maximum Gasteiger partial charge on any atom is 0.105 e. The molecule has 0 saturated heterocycles. The highest BCUT2D eigenvalue weighted by Crippen LogP contribution is 2.24. The van der Waals surface area contributed by atoms with Crippen LogP contribution in [0.25, 0.3) is 6.08 Å². The second-order valence-electron chi connectivity index (χ2n) is 5.71. The van der Waals surface area contributed by atoms with Crippen LogP contribution in [-0.4, -0.2) is 23.1 Å². The van der Waals surface area contributed by atoms with Crippen molar-refractivity contribution in [2.75, 3.05) is 6.54 Å². The van der Waals surface area contributed by atoms with Crippen LogP contribution < -0.4 is 0 Å². The molecule has 0 heterocycles. The molecule has 0 spiro atoms. The third-order valence-corrected chi connectivity index (χ3v) is 4.31. The van der Waals surface area contributed by atoms with E-state index in [1.54, 1.807) is 0 Å². The Morgan fingerprint density at radius 3 is 2.22 bits per heavy atom. The molecule has 0 atom stereocenters. The number of benzene rings is 1. The van der Waals surface area contributed by atoms with Gasteiger partial charge < -0.3 is 4.48 Å². The normalized spacial score (nSPS) is 12.2. The van der Waals surface area contributed by atoms with Crippen molar-refractivity contribution in [3.63, 3.8) is 0 Å². The minimum atomic E-state index is 0.641. The van der Waals surface area contributed by atoms with Crippen LogP contribution in [0.3, 0.4) is 0 Å². The molecule has 1 aromatic carbocycles. The van der Waals surface area contributed by atoms with E-state index in [0.29, 0.717) is 12.1 Å². The Kier molecular flexibility index (Phi) is 5.15. The van der Waals surface area contributed by atoms with Gasteiger partial charge in [-0.05, 0) is 46.2 Å². The lowest BCUT2D eigenvalue weighted by Crippen LogP contribution is -2.56. The molecule has 1 rings (SSSR count). The van der Waals surface area contributed by atoms with Crippen molar-refractivity contribution >= 4 is 6.08 Å². The average molecular weight is 246 g/mol. The lowest BCUT2D eigenvalue weighted by molar-refractivity contribution is -0.977. The maximum absolute atomic E-state index is 3.85. The van der Waals surface area contributed by atoms with Gasteiger partial charge in [0.2, 0.25) is 0 Å². The molecule has 1 aromatic rings. The quantitative estimate of drug-likeness (QED) is 0.649. The van der Waals surface area contributed by atoms with Gasteiger partial charge in [0.25, 0.3) is 0 Å². The van der Waals surface area contributed by atoms with Crippen molar-refractivity contribution < 1.29 is 4.48 Å². The summed E-state index contributed by atoms with van der Waals surface area (Å²) in [5.74, 6) is 0. The third kappa shape index (κ3) is 3.02. The Labute approximate surface area is 113 Å². The van der Waals surface area contributed by atoms with Crippen molar-refractivity contribution in [3.05, 3.63) is 42.0 Å². The smallest absolute Gasteiger partial charge is 0.105 e. The molecule has 1 nitrogen and oxygen atoms in total. The molecule has 0 N–H and O–H groups in total. The van der Waals surface area contributed by atoms with Crippen LogP contribution in [-0.2, 0) is 6.54 Å². The van der Waals surface area contributed by atoms with Gasteiger partial charge in [-0.3, -0.25) is 0 Å². The zero-order chi connectivity index (χ0) is 13.8. The summed E-state index contributed by atoms with van der Waals surface area (Å²) in [6, 6.07) is 10.0. The summed E-state index contributed by atoms with van der Waals surface area (Å²) >= 11 is 0. The molecule has 0 fully saturated rings. The third-order valence-electron chi connectivity index (χ3n) is 4.31. The van der Waals surface area contributed by atoms with Gasteiger partial charge in [0.05, 0.1) is 18.6 Å². The molecule has 0 amide bonds. The number of nitrogens with zero attached hydrogens (tertiary/aromatic N) is 1. The van der Waals surface area contributed by atoms with E-state index in [9.17, 15) is 0 Å². The van der Waals surface area contributed by atoms with Crippen LogP contribution in [0.5, 0.6) is 0 Å². The van der Waals surface area contributed by atoms with Gasteiger partial charge in [-0.2, -0.15) is 0 Å². The summed E-state index contributed by atoms with van der Waals surface area (Å²) in [6.07, 6.45) is 1.93. The molecule has 18 heavy (non-hydrogen) atoms. The number of rotatable bonds is 6. The summed E-state index contributed by atoms with van der Waals surface area (Å²) in [6.45, 7) is 17.8. The van der Waals surface area contributed by atoms with Gasteiger partial charge in [-0.15, -0.1) is 0 Å². The Morgan fingerprint density at radius 2 is 1.78 bits per heavy atom. The number of quaternary nitrogens is 1. The lowest BCUT2D eigenvalue weighted by atomic mass is 10.0. The summed E-state index contributed by atoms with van der Waals surface area (Å²) in [7, 11) is 0. The molecule has 0 saturated carbocycles. The van der Waals surface area contributed by atoms with Crippen molar-refractivity contribution in [1.29, 1.82) is 0 Å².